The lowest BCUT2D eigenvalue weighted by Gasteiger charge is -2.38. The smallest absolute Gasteiger partial charge is 0.226 e. The number of carbonyl (C=O) groups is 1. The van der Waals surface area contributed by atoms with Gasteiger partial charge in [0.15, 0.2) is 11.6 Å². The Kier molecular flexibility index (Phi) is 4.06. The van der Waals surface area contributed by atoms with Crippen LogP contribution in [0.5, 0.6) is 0 Å². The molecule has 146 valence electrons. The van der Waals surface area contributed by atoms with Gasteiger partial charge in [-0.15, -0.1) is 5.10 Å². The number of pyridine rings is 1. The summed E-state index contributed by atoms with van der Waals surface area (Å²) in [7, 11) is 0. The first-order valence-corrected chi connectivity index (χ1v) is 9.95. The van der Waals surface area contributed by atoms with E-state index in [0.717, 1.165) is 28.8 Å². The minimum atomic E-state index is -0.329. The Morgan fingerprint density at radius 3 is 2.55 bits per heavy atom. The molecule has 0 spiro atoms. The van der Waals surface area contributed by atoms with Crippen molar-refractivity contribution >= 4 is 23.3 Å². The van der Waals surface area contributed by atoms with Gasteiger partial charge in [-0.05, 0) is 41.7 Å². The van der Waals surface area contributed by atoms with Gasteiger partial charge in [0.2, 0.25) is 5.95 Å². The van der Waals surface area contributed by atoms with Crippen molar-refractivity contribution in [3.8, 4) is 11.4 Å². The van der Waals surface area contributed by atoms with Gasteiger partial charge in [0.05, 0.1) is 0 Å². The zero-order valence-corrected chi connectivity index (χ0v) is 16.9. The van der Waals surface area contributed by atoms with Gasteiger partial charge < -0.3 is 5.32 Å². The molecular formula is C22H20ClN5O. The lowest BCUT2D eigenvalue weighted by molar-refractivity contribution is -0.118. The summed E-state index contributed by atoms with van der Waals surface area (Å²) in [5.74, 6) is 1.39. The van der Waals surface area contributed by atoms with Crippen LogP contribution in [0.15, 0.2) is 60.1 Å². The second-order valence-electron chi connectivity index (χ2n) is 8.35. The summed E-state index contributed by atoms with van der Waals surface area (Å²) in [4.78, 5) is 22.0. The summed E-state index contributed by atoms with van der Waals surface area (Å²) in [6, 6.07) is 11.0. The van der Waals surface area contributed by atoms with Gasteiger partial charge in [-0.1, -0.05) is 37.6 Å². The standard InChI is InChI=1S/C22H20ClN5O/c1-22(2)11-16-18(17(29)12-22)19(13-3-5-15(23)6-4-13)28-21(25-16)26-20(27-28)14-7-9-24-10-8-14/h3-10,19H,11-12H2,1-2H3,(H,25,26,27). The second-order valence-corrected chi connectivity index (χ2v) is 8.79. The Hall–Kier alpha value is -2.99. The number of fused-ring (bicyclic) bond motifs is 1. The molecule has 0 saturated heterocycles. The number of nitrogens with zero attached hydrogens (tertiary/aromatic N) is 4. The number of Topliss-reactive ketones (excluding diaryl/α,β-unsaturated/α-hetero) is 1. The number of nitrogens with one attached hydrogen (secondary N) is 1. The molecule has 0 fully saturated rings. The van der Waals surface area contributed by atoms with Crippen LogP contribution < -0.4 is 5.32 Å². The van der Waals surface area contributed by atoms with Gasteiger partial charge in [-0.3, -0.25) is 9.78 Å². The van der Waals surface area contributed by atoms with Crippen LogP contribution in [-0.4, -0.2) is 25.5 Å². The highest BCUT2D eigenvalue weighted by molar-refractivity contribution is 6.30. The number of rotatable bonds is 2. The van der Waals surface area contributed by atoms with Crippen molar-refractivity contribution in [1.82, 2.24) is 19.7 Å². The van der Waals surface area contributed by atoms with Crippen LogP contribution in [0.4, 0.5) is 5.95 Å². The first-order chi connectivity index (χ1) is 13.9. The fourth-order valence-electron chi connectivity index (χ4n) is 4.19. The molecule has 0 bridgehead atoms. The lowest BCUT2D eigenvalue weighted by Crippen LogP contribution is -2.36. The lowest BCUT2D eigenvalue weighted by atomic mass is 9.73. The van der Waals surface area contributed by atoms with Crippen LogP contribution in [0.2, 0.25) is 5.02 Å². The van der Waals surface area contributed by atoms with E-state index in [1.807, 2.05) is 41.1 Å². The summed E-state index contributed by atoms with van der Waals surface area (Å²) in [5, 5.41) is 8.81. The third-order valence-corrected chi connectivity index (χ3v) is 5.71. The van der Waals surface area contributed by atoms with E-state index in [2.05, 4.69) is 24.1 Å². The number of hydrogen-bond donors (Lipinski definition) is 1. The van der Waals surface area contributed by atoms with E-state index in [0.29, 0.717) is 23.2 Å². The second kappa shape index (κ2) is 6.52. The Balaban J connectivity index is 1.69. The molecule has 1 aliphatic carbocycles. The Morgan fingerprint density at radius 1 is 1.10 bits per heavy atom. The topological polar surface area (TPSA) is 72.7 Å². The SMILES string of the molecule is CC1(C)CC(=O)C2=C(C1)Nc1nc(-c3ccncc3)nn1C2c1ccc(Cl)cc1. The number of benzene rings is 1. The van der Waals surface area contributed by atoms with Crippen molar-refractivity contribution in [2.45, 2.75) is 32.7 Å². The number of carbonyl (C=O) groups excluding carboxylic acids is 1. The maximum Gasteiger partial charge on any atom is 0.226 e. The number of ketones is 1. The Labute approximate surface area is 173 Å². The molecule has 3 aromatic rings. The van der Waals surface area contributed by atoms with Crippen molar-refractivity contribution in [3.63, 3.8) is 0 Å². The average molecular weight is 406 g/mol. The summed E-state index contributed by atoms with van der Waals surface area (Å²) >= 11 is 6.11. The molecule has 5 rings (SSSR count). The molecule has 3 heterocycles. The minimum Gasteiger partial charge on any atom is -0.328 e. The maximum atomic E-state index is 13.2. The number of hydrogen-bond acceptors (Lipinski definition) is 5. The Bertz CT molecular complexity index is 1130. The van der Waals surface area contributed by atoms with Gasteiger partial charge in [-0.25, -0.2) is 4.68 Å². The van der Waals surface area contributed by atoms with Gasteiger partial charge in [-0.2, -0.15) is 4.98 Å². The van der Waals surface area contributed by atoms with Crippen molar-refractivity contribution in [3.05, 3.63) is 70.6 Å². The number of aromatic nitrogens is 4. The molecule has 1 N–H and O–H groups in total. The molecule has 0 saturated carbocycles. The molecule has 1 aromatic carbocycles. The van der Waals surface area contributed by atoms with Crippen LogP contribution in [0.3, 0.4) is 0 Å². The maximum absolute atomic E-state index is 13.2. The predicted molar refractivity (Wildman–Crippen MR) is 112 cm³/mol. The highest BCUT2D eigenvalue weighted by atomic mass is 35.5. The number of anilines is 1. The van der Waals surface area contributed by atoms with E-state index in [-0.39, 0.29) is 17.2 Å². The normalized spacial score (nSPS) is 20.1. The molecule has 6 nitrogen and oxygen atoms in total. The van der Waals surface area contributed by atoms with E-state index < -0.39 is 0 Å². The molecule has 0 amide bonds. The average Bonchev–Trinajstić information content (AvgIpc) is 3.10. The number of allylic oxidation sites excluding steroid dienone is 2. The van der Waals surface area contributed by atoms with Crippen LogP contribution >= 0.6 is 11.6 Å². The fraction of sp³-hybridized carbons (Fsp3) is 0.273. The van der Waals surface area contributed by atoms with E-state index >= 15 is 0 Å². The third kappa shape index (κ3) is 3.13. The largest absolute Gasteiger partial charge is 0.328 e. The van der Waals surface area contributed by atoms with Crippen LogP contribution in [0.25, 0.3) is 11.4 Å². The van der Waals surface area contributed by atoms with Crippen LogP contribution in [0.1, 0.15) is 38.3 Å². The summed E-state index contributed by atoms with van der Waals surface area (Å²) in [5.41, 5.74) is 3.45. The molecular weight excluding hydrogens is 386 g/mol. The summed E-state index contributed by atoms with van der Waals surface area (Å²) < 4.78 is 1.81. The molecule has 0 radical (unpaired) electrons. The van der Waals surface area contributed by atoms with Crippen LogP contribution in [0, 0.1) is 5.41 Å². The fourth-order valence-corrected chi connectivity index (χ4v) is 4.31. The van der Waals surface area contributed by atoms with Gasteiger partial charge in [0, 0.05) is 40.7 Å². The highest BCUT2D eigenvalue weighted by Gasteiger charge is 2.41. The van der Waals surface area contributed by atoms with Gasteiger partial charge >= 0.3 is 0 Å². The Morgan fingerprint density at radius 2 is 1.83 bits per heavy atom. The van der Waals surface area contributed by atoms with Crippen molar-refractivity contribution in [1.29, 1.82) is 0 Å². The van der Waals surface area contributed by atoms with E-state index in [4.69, 9.17) is 21.7 Å². The van der Waals surface area contributed by atoms with Crippen LogP contribution in [-0.2, 0) is 4.79 Å². The summed E-state index contributed by atoms with van der Waals surface area (Å²) in [6.07, 6.45) is 4.73. The number of halogens is 1. The van der Waals surface area contributed by atoms with E-state index in [9.17, 15) is 4.79 Å². The van der Waals surface area contributed by atoms with E-state index in [1.165, 1.54) is 0 Å². The monoisotopic (exact) mass is 405 g/mol. The quantitative estimate of drug-likeness (QED) is 0.671. The molecule has 7 heteroatoms. The van der Waals surface area contributed by atoms with E-state index in [1.54, 1.807) is 12.4 Å². The predicted octanol–water partition coefficient (Wildman–Crippen LogP) is 4.65. The van der Waals surface area contributed by atoms with Gasteiger partial charge in [0.1, 0.15) is 6.04 Å². The zero-order valence-electron chi connectivity index (χ0n) is 16.2. The molecule has 2 aromatic heterocycles. The third-order valence-electron chi connectivity index (χ3n) is 5.46. The first kappa shape index (κ1) is 18.1. The molecule has 2 aliphatic rings. The first-order valence-electron chi connectivity index (χ1n) is 9.57. The molecule has 29 heavy (non-hydrogen) atoms. The molecule has 1 atom stereocenters. The molecule has 1 aliphatic heterocycles. The highest BCUT2D eigenvalue weighted by Crippen LogP contribution is 2.45. The van der Waals surface area contributed by atoms with Gasteiger partial charge in [0.25, 0.3) is 0 Å². The zero-order chi connectivity index (χ0) is 20.2. The van der Waals surface area contributed by atoms with Crippen molar-refractivity contribution in [2.24, 2.45) is 5.41 Å². The van der Waals surface area contributed by atoms with Crippen molar-refractivity contribution < 1.29 is 4.79 Å². The minimum absolute atomic E-state index is 0.0937. The van der Waals surface area contributed by atoms with Crippen molar-refractivity contribution in [2.75, 3.05) is 5.32 Å². The molecule has 1 unspecified atom stereocenters. The summed E-state index contributed by atoms with van der Waals surface area (Å²) in [6.45, 7) is 4.24.